The molecule has 5 heteroatoms. The zero-order chi connectivity index (χ0) is 12.4. The number of hydrogen-bond acceptors (Lipinski definition) is 2. The van der Waals surface area contributed by atoms with Gasteiger partial charge in [0, 0.05) is 17.3 Å². The van der Waals surface area contributed by atoms with Crippen molar-refractivity contribution in [1.29, 1.82) is 0 Å². The Balaban J connectivity index is 2.37. The van der Waals surface area contributed by atoms with Gasteiger partial charge in [-0.25, -0.2) is 4.98 Å². The quantitative estimate of drug-likeness (QED) is 0.609. The van der Waals surface area contributed by atoms with Gasteiger partial charge in [0.25, 0.3) is 0 Å². The van der Waals surface area contributed by atoms with E-state index in [1.165, 1.54) is 12.3 Å². The maximum atomic E-state index is 12.0. The predicted molar refractivity (Wildman–Crippen MR) is 69.1 cm³/mol. The molecule has 86 valence electrons. The molecule has 2 nitrogen and oxygen atoms in total. The van der Waals surface area contributed by atoms with Gasteiger partial charge in [-0.3, -0.25) is 4.79 Å². The topological polar surface area (TPSA) is 30.0 Å². The van der Waals surface area contributed by atoms with Crippen LogP contribution in [-0.2, 0) is 0 Å². The zero-order valence-electron chi connectivity index (χ0n) is 8.45. The lowest BCUT2D eigenvalue weighted by atomic mass is 10.1. The lowest BCUT2D eigenvalue weighted by molar-refractivity contribution is 0.103. The molecule has 0 aliphatic carbocycles. The Hall–Kier alpha value is -1.09. The first-order valence-corrected chi connectivity index (χ1v) is 5.82. The fourth-order valence-corrected chi connectivity index (χ4v) is 1.72. The summed E-state index contributed by atoms with van der Waals surface area (Å²) in [6.45, 7) is 0. The van der Waals surface area contributed by atoms with Crippen LogP contribution in [0, 0.1) is 0 Å². The summed E-state index contributed by atoms with van der Waals surface area (Å²) in [7, 11) is 0. The molecular formula is C12H6Cl3NO. The average Bonchev–Trinajstić information content (AvgIpc) is 2.33. The summed E-state index contributed by atoms with van der Waals surface area (Å²) in [5.74, 6) is -0.173. The van der Waals surface area contributed by atoms with Crippen LogP contribution in [0.5, 0.6) is 0 Å². The molecule has 0 bridgehead atoms. The molecule has 1 aromatic heterocycles. The van der Waals surface area contributed by atoms with Gasteiger partial charge >= 0.3 is 0 Å². The van der Waals surface area contributed by atoms with Crippen molar-refractivity contribution in [3.8, 4) is 0 Å². The van der Waals surface area contributed by atoms with E-state index in [-0.39, 0.29) is 5.78 Å². The second-order valence-corrected chi connectivity index (χ2v) is 4.53. The second kappa shape index (κ2) is 5.05. The van der Waals surface area contributed by atoms with Gasteiger partial charge in [-0.1, -0.05) is 34.8 Å². The third kappa shape index (κ3) is 2.78. The van der Waals surface area contributed by atoms with Crippen molar-refractivity contribution in [2.75, 3.05) is 0 Å². The molecule has 0 amide bonds. The molecule has 2 aromatic rings. The van der Waals surface area contributed by atoms with E-state index in [1.54, 1.807) is 24.3 Å². The first-order chi connectivity index (χ1) is 8.08. The van der Waals surface area contributed by atoms with Crippen LogP contribution in [0.3, 0.4) is 0 Å². The van der Waals surface area contributed by atoms with Gasteiger partial charge in [-0.2, -0.15) is 0 Å². The van der Waals surface area contributed by atoms with E-state index in [2.05, 4.69) is 4.98 Å². The van der Waals surface area contributed by atoms with Crippen molar-refractivity contribution in [2.24, 2.45) is 0 Å². The van der Waals surface area contributed by atoms with Crippen LogP contribution in [-0.4, -0.2) is 10.8 Å². The average molecular weight is 287 g/mol. The van der Waals surface area contributed by atoms with Crippen LogP contribution in [0.2, 0.25) is 15.2 Å². The Kier molecular flexibility index (Phi) is 3.67. The first-order valence-electron chi connectivity index (χ1n) is 4.69. The van der Waals surface area contributed by atoms with Gasteiger partial charge in [-0.05, 0) is 30.3 Å². The molecule has 1 aromatic carbocycles. The number of nitrogens with zero attached hydrogens (tertiary/aromatic N) is 1. The van der Waals surface area contributed by atoms with Crippen LogP contribution in [0.25, 0.3) is 0 Å². The Labute approximate surface area is 113 Å². The van der Waals surface area contributed by atoms with Crippen molar-refractivity contribution < 1.29 is 4.79 Å². The molecular weight excluding hydrogens is 280 g/mol. The van der Waals surface area contributed by atoms with Crippen LogP contribution < -0.4 is 0 Å². The lowest BCUT2D eigenvalue weighted by Gasteiger charge is -2.02. The third-order valence-corrected chi connectivity index (χ3v) is 3.13. The Morgan fingerprint density at radius 3 is 2.24 bits per heavy atom. The van der Waals surface area contributed by atoms with Crippen molar-refractivity contribution in [3.63, 3.8) is 0 Å². The van der Waals surface area contributed by atoms with Crippen molar-refractivity contribution in [1.82, 2.24) is 4.98 Å². The van der Waals surface area contributed by atoms with Gasteiger partial charge in [0.2, 0.25) is 0 Å². The van der Waals surface area contributed by atoms with E-state index in [1.807, 2.05) is 0 Å². The molecule has 0 saturated carbocycles. The van der Waals surface area contributed by atoms with Crippen LogP contribution >= 0.6 is 34.8 Å². The molecule has 17 heavy (non-hydrogen) atoms. The van der Waals surface area contributed by atoms with E-state index in [9.17, 15) is 4.79 Å². The highest BCUT2D eigenvalue weighted by molar-refractivity contribution is 6.42. The van der Waals surface area contributed by atoms with E-state index in [4.69, 9.17) is 34.8 Å². The van der Waals surface area contributed by atoms with Crippen molar-refractivity contribution in [3.05, 3.63) is 62.9 Å². The molecule has 0 saturated heterocycles. The molecule has 0 fully saturated rings. The zero-order valence-corrected chi connectivity index (χ0v) is 10.7. The molecule has 0 aliphatic rings. The van der Waals surface area contributed by atoms with Gasteiger partial charge in [-0.15, -0.1) is 0 Å². The first kappa shape index (κ1) is 12.4. The van der Waals surface area contributed by atoms with Gasteiger partial charge in [0.15, 0.2) is 5.78 Å². The number of carbonyl (C=O) groups is 1. The maximum Gasteiger partial charge on any atom is 0.194 e. The standard InChI is InChI=1S/C12H6Cl3NO/c13-9-3-1-7(5-10(9)14)12(17)8-2-4-11(15)16-6-8/h1-6H. The number of ketones is 1. The lowest BCUT2D eigenvalue weighted by Crippen LogP contribution is -2.01. The van der Waals surface area contributed by atoms with E-state index < -0.39 is 0 Å². The van der Waals surface area contributed by atoms with E-state index >= 15 is 0 Å². The Morgan fingerprint density at radius 1 is 0.941 bits per heavy atom. The number of halogens is 3. The second-order valence-electron chi connectivity index (χ2n) is 3.33. The highest BCUT2D eigenvalue weighted by Crippen LogP contribution is 2.23. The third-order valence-electron chi connectivity index (χ3n) is 2.17. The summed E-state index contributed by atoms with van der Waals surface area (Å²) in [6, 6.07) is 7.90. The fraction of sp³-hybridized carbons (Fsp3) is 0. The molecule has 0 spiro atoms. The molecule has 0 atom stereocenters. The minimum atomic E-state index is -0.173. The highest BCUT2D eigenvalue weighted by atomic mass is 35.5. The molecule has 1 heterocycles. The number of rotatable bonds is 2. The minimum Gasteiger partial charge on any atom is -0.289 e. The van der Waals surface area contributed by atoms with E-state index in [0.717, 1.165) is 0 Å². The van der Waals surface area contributed by atoms with Crippen molar-refractivity contribution in [2.45, 2.75) is 0 Å². The van der Waals surface area contributed by atoms with Crippen molar-refractivity contribution >= 4 is 40.6 Å². The Morgan fingerprint density at radius 2 is 1.65 bits per heavy atom. The van der Waals surface area contributed by atoms with E-state index in [0.29, 0.717) is 26.3 Å². The van der Waals surface area contributed by atoms with Gasteiger partial charge < -0.3 is 0 Å². The summed E-state index contributed by atoms with van der Waals surface area (Å²) in [4.78, 5) is 15.9. The molecule has 0 aliphatic heterocycles. The molecule has 0 N–H and O–H groups in total. The number of hydrogen-bond donors (Lipinski definition) is 0. The monoisotopic (exact) mass is 285 g/mol. The molecule has 0 unspecified atom stereocenters. The number of benzene rings is 1. The molecule has 0 radical (unpaired) electrons. The summed E-state index contributed by atoms with van der Waals surface area (Å²) >= 11 is 17.3. The summed E-state index contributed by atoms with van der Waals surface area (Å²) in [5.41, 5.74) is 0.913. The summed E-state index contributed by atoms with van der Waals surface area (Å²) in [6.07, 6.45) is 1.42. The predicted octanol–water partition coefficient (Wildman–Crippen LogP) is 4.27. The SMILES string of the molecule is O=C(c1ccc(Cl)nc1)c1ccc(Cl)c(Cl)c1. The maximum absolute atomic E-state index is 12.0. The number of carbonyl (C=O) groups excluding carboxylic acids is 1. The van der Waals surface area contributed by atoms with Crippen LogP contribution in [0.4, 0.5) is 0 Å². The minimum absolute atomic E-state index is 0.173. The number of pyridine rings is 1. The Bertz CT molecular complexity index is 566. The van der Waals surface area contributed by atoms with Crippen LogP contribution in [0.15, 0.2) is 36.5 Å². The van der Waals surface area contributed by atoms with Crippen LogP contribution in [0.1, 0.15) is 15.9 Å². The summed E-state index contributed by atoms with van der Waals surface area (Å²) in [5, 5.41) is 1.10. The number of aromatic nitrogens is 1. The normalized spacial score (nSPS) is 10.3. The van der Waals surface area contributed by atoms with Gasteiger partial charge in [0.1, 0.15) is 5.15 Å². The fourth-order valence-electron chi connectivity index (χ4n) is 1.31. The smallest absolute Gasteiger partial charge is 0.194 e. The largest absolute Gasteiger partial charge is 0.289 e. The van der Waals surface area contributed by atoms with Gasteiger partial charge in [0.05, 0.1) is 10.0 Å². The summed E-state index contributed by atoms with van der Waals surface area (Å²) < 4.78 is 0. The highest BCUT2D eigenvalue weighted by Gasteiger charge is 2.11. The molecule has 2 rings (SSSR count).